The normalized spacial score (nSPS) is 30.3. The van der Waals surface area contributed by atoms with E-state index in [-0.39, 0.29) is 22.3 Å². The summed E-state index contributed by atoms with van der Waals surface area (Å²) in [7, 11) is 0. The maximum absolute atomic E-state index is 10.9. The van der Waals surface area contributed by atoms with Gasteiger partial charge < -0.3 is 9.64 Å². The van der Waals surface area contributed by atoms with E-state index in [1.54, 1.807) is 24.3 Å². The van der Waals surface area contributed by atoms with Gasteiger partial charge in [-0.1, -0.05) is 11.6 Å². The number of hydrogen-bond acceptors (Lipinski definition) is 6. The Hall–Kier alpha value is -2.06. The number of morpholine rings is 1. The molecule has 8 nitrogen and oxygen atoms in total. The molecule has 24 heavy (non-hydrogen) atoms. The summed E-state index contributed by atoms with van der Waals surface area (Å²) in [5.74, 6) is 0. The summed E-state index contributed by atoms with van der Waals surface area (Å²) in [6.45, 7) is 3.42. The quantitative estimate of drug-likeness (QED) is 0.668. The number of fused-ring (bicyclic) bond motifs is 1. The lowest BCUT2D eigenvalue weighted by Gasteiger charge is -2.47. The van der Waals surface area contributed by atoms with Crippen molar-refractivity contribution in [1.29, 1.82) is 0 Å². The van der Waals surface area contributed by atoms with Crippen LogP contribution in [0.25, 0.3) is 0 Å². The summed E-state index contributed by atoms with van der Waals surface area (Å²) in [6, 6.07) is 6.85. The second-order valence-electron chi connectivity index (χ2n) is 6.69. The number of quaternary nitrogens is 1. The molecule has 2 atom stereocenters. The summed E-state index contributed by atoms with van der Waals surface area (Å²) in [5, 5.41) is 22.0. The Morgan fingerprint density at radius 2 is 2.00 bits per heavy atom. The number of nitro groups is 1. The zero-order chi connectivity index (χ0) is 16.6. The van der Waals surface area contributed by atoms with E-state index in [2.05, 4.69) is 10.3 Å². The molecule has 3 aliphatic rings. The third kappa shape index (κ3) is 2.37. The summed E-state index contributed by atoms with van der Waals surface area (Å²) in [5.41, 5.74) is 0.814. The van der Waals surface area contributed by atoms with Crippen LogP contribution in [-0.4, -0.2) is 42.9 Å². The van der Waals surface area contributed by atoms with Gasteiger partial charge in [-0.2, -0.15) is 10.1 Å². The molecule has 128 valence electrons. The lowest BCUT2D eigenvalue weighted by Crippen LogP contribution is -3.25. The SMILES string of the molecule is O=[N+]([O-])c1ccc(N2N=N[C@@H]3CCCC[C@@]32[NH+]2CCOCC2)cc1. The van der Waals surface area contributed by atoms with Crippen molar-refractivity contribution in [2.75, 3.05) is 31.3 Å². The van der Waals surface area contributed by atoms with Crippen molar-refractivity contribution in [2.24, 2.45) is 10.3 Å². The van der Waals surface area contributed by atoms with Crippen molar-refractivity contribution in [3.8, 4) is 0 Å². The second-order valence-corrected chi connectivity index (χ2v) is 6.69. The van der Waals surface area contributed by atoms with Gasteiger partial charge in [0.25, 0.3) is 5.69 Å². The molecular weight excluding hydrogens is 310 g/mol. The molecule has 1 aliphatic carbocycles. The van der Waals surface area contributed by atoms with Gasteiger partial charge in [0.05, 0.1) is 23.8 Å². The largest absolute Gasteiger partial charge is 0.370 e. The predicted octanol–water partition coefficient (Wildman–Crippen LogP) is 1.34. The molecule has 1 saturated carbocycles. The molecule has 0 unspecified atom stereocenters. The van der Waals surface area contributed by atoms with E-state index in [4.69, 9.17) is 4.74 Å². The highest BCUT2D eigenvalue weighted by molar-refractivity contribution is 5.52. The topological polar surface area (TPSA) is 84.8 Å². The van der Waals surface area contributed by atoms with E-state index in [0.717, 1.165) is 51.3 Å². The van der Waals surface area contributed by atoms with Crippen LogP contribution >= 0.6 is 0 Å². The third-order valence-corrected chi connectivity index (χ3v) is 5.51. The average molecular weight is 332 g/mol. The molecule has 4 rings (SSSR count). The maximum Gasteiger partial charge on any atom is 0.269 e. The van der Waals surface area contributed by atoms with Crippen LogP contribution < -0.4 is 9.91 Å². The monoisotopic (exact) mass is 332 g/mol. The van der Waals surface area contributed by atoms with Crippen molar-refractivity contribution < 1.29 is 14.6 Å². The Morgan fingerprint density at radius 3 is 2.71 bits per heavy atom. The molecule has 0 bridgehead atoms. The Bertz CT molecular complexity index is 644. The molecule has 1 aromatic rings. The van der Waals surface area contributed by atoms with Crippen LogP contribution in [0.1, 0.15) is 25.7 Å². The first kappa shape index (κ1) is 15.5. The zero-order valence-corrected chi connectivity index (χ0v) is 13.6. The molecule has 2 aliphatic heterocycles. The minimum atomic E-state index is -0.373. The van der Waals surface area contributed by atoms with Gasteiger partial charge >= 0.3 is 0 Å². The van der Waals surface area contributed by atoms with Crippen LogP contribution in [0.15, 0.2) is 34.6 Å². The van der Waals surface area contributed by atoms with E-state index in [1.807, 2.05) is 5.01 Å². The highest BCUT2D eigenvalue weighted by Crippen LogP contribution is 2.40. The maximum atomic E-state index is 10.9. The number of non-ortho nitro benzene ring substituents is 1. The summed E-state index contributed by atoms with van der Waals surface area (Å²) in [4.78, 5) is 12.0. The molecule has 2 fully saturated rings. The van der Waals surface area contributed by atoms with Crippen LogP contribution in [0.4, 0.5) is 11.4 Å². The zero-order valence-electron chi connectivity index (χ0n) is 13.6. The van der Waals surface area contributed by atoms with Crippen LogP contribution in [0, 0.1) is 10.1 Å². The van der Waals surface area contributed by atoms with E-state index in [0.29, 0.717) is 0 Å². The number of nitrogens with zero attached hydrogens (tertiary/aromatic N) is 4. The van der Waals surface area contributed by atoms with Gasteiger partial charge in [0.15, 0.2) is 0 Å². The molecule has 1 aromatic carbocycles. The first-order chi connectivity index (χ1) is 11.7. The number of anilines is 1. The lowest BCUT2D eigenvalue weighted by molar-refractivity contribution is -0.960. The van der Waals surface area contributed by atoms with Gasteiger partial charge in [-0.15, -0.1) is 0 Å². The molecule has 0 amide bonds. The summed E-state index contributed by atoms with van der Waals surface area (Å²) in [6.07, 6.45) is 4.44. The Balaban J connectivity index is 1.69. The number of hydrogen-bond donors (Lipinski definition) is 1. The fourth-order valence-corrected chi connectivity index (χ4v) is 4.34. The fourth-order valence-electron chi connectivity index (χ4n) is 4.34. The van der Waals surface area contributed by atoms with Crippen molar-refractivity contribution in [3.05, 3.63) is 34.4 Å². The molecule has 0 radical (unpaired) electrons. The minimum Gasteiger partial charge on any atom is -0.370 e. The van der Waals surface area contributed by atoms with Gasteiger partial charge in [-0.05, 0) is 25.0 Å². The number of nitro benzene ring substituents is 1. The fraction of sp³-hybridized carbons (Fsp3) is 0.625. The van der Waals surface area contributed by atoms with Crippen LogP contribution in [0.3, 0.4) is 0 Å². The minimum absolute atomic E-state index is 0.0999. The standard InChI is InChI=1S/C16H21N5O3/c22-21(23)14-6-4-13(5-7-14)20-16(19-9-11-24-12-10-19)8-2-1-3-15(16)17-18-20/h4-7,15H,1-3,8-12H2/p+1/t15-,16+/m1/s1. The number of ether oxygens (including phenoxy) is 1. The highest BCUT2D eigenvalue weighted by atomic mass is 16.6. The third-order valence-electron chi connectivity index (χ3n) is 5.51. The van der Waals surface area contributed by atoms with Crippen molar-refractivity contribution in [2.45, 2.75) is 37.4 Å². The van der Waals surface area contributed by atoms with Crippen LogP contribution in [-0.2, 0) is 4.74 Å². The molecule has 1 saturated heterocycles. The first-order valence-electron chi connectivity index (χ1n) is 8.60. The van der Waals surface area contributed by atoms with Gasteiger partial charge in [0.1, 0.15) is 19.1 Å². The molecule has 0 aromatic heterocycles. The van der Waals surface area contributed by atoms with E-state index in [1.165, 1.54) is 11.3 Å². The van der Waals surface area contributed by atoms with Crippen LogP contribution in [0.2, 0.25) is 0 Å². The Morgan fingerprint density at radius 1 is 1.25 bits per heavy atom. The van der Waals surface area contributed by atoms with Crippen molar-refractivity contribution in [3.63, 3.8) is 0 Å². The number of nitrogens with one attached hydrogen (secondary N) is 1. The molecule has 8 heteroatoms. The summed E-state index contributed by atoms with van der Waals surface area (Å²) < 4.78 is 5.54. The molecule has 2 heterocycles. The first-order valence-corrected chi connectivity index (χ1v) is 8.60. The molecular formula is C16H22N5O3+. The highest BCUT2D eigenvalue weighted by Gasteiger charge is 2.58. The smallest absolute Gasteiger partial charge is 0.269 e. The number of rotatable bonds is 3. The number of benzene rings is 1. The van der Waals surface area contributed by atoms with Gasteiger partial charge in [-0.3, -0.25) is 10.1 Å². The van der Waals surface area contributed by atoms with Crippen LogP contribution in [0.5, 0.6) is 0 Å². The van der Waals surface area contributed by atoms with Gasteiger partial charge in [-0.25, -0.2) is 0 Å². The summed E-state index contributed by atoms with van der Waals surface area (Å²) >= 11 is 0. The van der Waals surface area contributed by atoms with E-state index >= 15 is 0 Å². The van der Waals surface area contributed by atoms with Gasteiger partial charge in [0.2, 0.25) is 5.66 Å². The predicted molar refractivity (Wildman–Crippen MR) is 86.9 cm³/mol. The molecule has 0 spiro atoms. The van der Waals surface area contributed by atoms with E-state index in [9.17, 15) is 10.1 Å². The Kier molecular flexibility index (Phi) is 3.93. The van der Waals surface area contributed by atoms with Crippen molar-refractivity contribution in [1.82, 2.24) is 0 Å². The lowest BCUT2D eigenvalue weighted by atomic mass is 9.82. The van der Waals surface area contributed by atoms with Crippen molar-refractivity contribution >= 4 is 11.4 Å². The van der Waals surface area contributed by atoms with Gasteiger partial charge in [0, 0.05) is 18.6 Å². The Labute approximate surface area is 140 Å². The average Bonchev–Trinajstić information content (AvgIpc) is 3.03. The van der Waals surface area contributed by atoms with E-state index < -0.39 is 0 Å². The molecule has 1 N–H and O–H groups in total. The second kappa shape index (κ2) is 6.10.